The van der Waals surface area contributed by atoms with E-state index in [-0.39, 0.29) is 22.5 Å². The molecule has 0 spiro atoms. The number of fused-ring (bicyclic) bond motifs is 1. The number of benzene rings is 2. The van der Waals surface area contributed by atoms with E-state index in [1.54, 1.807) is 30.3 Å². The van der Waals surface area contributed by atoms with Crippen LogP contribution in [0.3, 0.4) is 0 Å². The summed E-state index contributed by atoms with van der Waals surface area (Å²) in [6.07, 6.45) is 11.1. The van der Waals surface area contributed by atoms with Gasteiger partial charge in [-0.05, 0) is 59.3 Å². The summed E-state index contributed by atoms with van der Waals surface area (Å²) in [5.74, 6) is -4.79. The van der Waals surface area contributed by atoms with Gasteiger partial charge >= 0.3 is 29.8 Å². The molecular weight excluding hydrogens is 638 g/mol. The summed E-state index contributed by atoms with van der Waals surface area (Å²) in [4.78, 5) is 69.2. The topological polar surface area (TPSA) is 251 Å². The molecule has 0 aliphatic rings. The highest BCUT2D eigenvalue weighted by molar-refractivity contribution is 5.94. The van der Waals surface area contributed by atoms with Crippen LogP contribution in [0.4, 0.5) is 0 Å². The minimum Gasteiger partial charge on any atom is -0.478 e. The molecule has 0 radical (unpaired) electrons. The summed E-state index contributed by atoms with van der Waals surface area (Å²) in [5, 5.41) is 44.1. The van der Waals surface area contributed by atoms with Gasteiger partial charge in [-0.15, -0.1) is 0 Å². The summed E-state index contributed by atoms with van der Waals surface area (Å²) in [7, 11) is 0. The third-order valence-electron chi connectivity index (χ3n) is 5.50. The van der Waals surface area contributed by atoms with Crippen LogP contribution < -0.4 is 0 Å². The normalized spacial score (nSPS) is 9.22. The van der Waals surface area contributed by atoms with Crippen LogP contribution in [0.25, 0.3) is 10.8 Å². The van der Waals surface area contributed by atoms with E-state index in [0.717, 1.165) is 10.8 Å². The van der Waals surface area contributed by atoms with Crippen molar-refractivity contribution in [1.29, 1.82) is 0 Å². The van der Waals surface area contributed by atoms with Crippen molar-refractivity contribution in [3.63, 3.8) is 0 Å². The zero-order valence-electron chi connectivity index (χ0n) is 25.2. The van der Waals surface area contributed by atoms with E-state index in [4.69, 9.17) is 25.5 Å². The van der Waals surface area contributed by atoms with Crippen LogP contribution in [0, 0.1) is 0 Å². The first-order valence-electron chi connectivity index (χ1n) is 13.6. The van der Waals surface area contributed by atoms with E-state index >= 15 is 0 Å². The molecule has 0 bridgehead atoms. The van der Waals surface area contributed by atoms with E-state index in [1.165, 1.54) is 73.8 Å². The Kier molecular flexibility index (Phi) is 15.9. The molecule has 0 fully saturated rings. The van der Waals surface area contributed by atoms with Crippen molar-refractivity contribution < 1.29 is 49.5 Å². The molecule has 0 aliphatic heterocycles. The lowest BCUT2D eigenvalue weighted by molar-refractivity contribution is 0.0679. The summed E-state index contributed by atoms with van der Waals surface area (Å²) < 4.78 is 0. The molecule has 6 rings (SSSR count). The maximum Gasteiger partial charge on any atom is 0.356 e. The lowest BCUT2D eigenvalue weighted by Crippen LogP contribution is -1.99. The Labute approximate surface area is 277 Å². The summed E-state index contributed by atoms with van der Waals surface area (Å²) in [5.41, 5.74) is 0.871. The van der Waals surface area contributed by atoms with Gasteiger partial charge in [0.25, 0.3) is 0 Å². The summed E-state index contributed by atoms with van der Waals surface area (Å²) in [6, 6.07) is 23.5. The number of aromatic nitrogens is 5. The Balaban J connectivity index is 0.000000215. The van der Waals surface area contributed by atoms with Crippen molar-refractivity contribution >= 4 is 40.6 Å². The highest BCUT2D eigenvalue weighted by Crippen LogP contribution is 2.15. The van der Waals surface area contributed by atoms with Crippen LogP contribution in [0.2, 0.25) is 0 Å². The van der Waals surface area contributed by atoms with Crippen molar-refractivity contribution in [1.82, 2.24) is 24.9 Å². The lowest BCUT2D eigenvalue weighted by Gasteiger charge is -1.98. The van der Waals surface area contributed by atoms with Gasteiger partial charge in [-0.25, -0.2) is 33.9 Å². The number of nitrogens with zero attached hydrogens (tertiary/aromatic N) is 5. The molecule has 5 N–H and O–H groups in total. The molecule has 248 valence electrons. The number of carboxylic acids is 5. The van der Waals surface area contributed by atoms with Crippen LogP contribution in [-0.2, 0) is 0 Å². The highest BCUT2D eigenvalue weighted by atomic mass is 16.4. The van der Waals surface area contributed by atoms with Crippen molar-refractivity contribution in [3.8, 4) is 0 Å². The third kappa shape index (κ3) is 14.5. The monoisotopic (exact) mass is 665 g/mol. The number of aromatic carboxylic acids is 5. The van der Waals surface area contributed by atoms with E-state index in [0.29, 0.717) is 5.56 Å². The average molecular weight is 666 g/mol. The second-order valence-electron chi connectivity index (χ2n) is 8.87. The smallest absolute Gasteiger partial charge is 0.356 e. The number of pyridine rings is 3. The number of hydrogen-bond donors (Lipinski definition) is 5. The van der Waals surface area contributed by atoms with Crippen LogP contribution in [0.5, 0.6) is 0 Å². The van der Waals surface area contributed by atoms with Gasteiger partial charge in [-0.1, -0.05) is 36.4 Å². The van der Waals surface area contributed by atoms with Crippen LogP contribution in [-0.4, -0.2) is 80.3 Å². The fraction of sp³-hybridized carbons (Fsp3) is 0. The zero-order chi connectivity index (χ0) is 36.0. The highest BCUT2D eigenvalue weighted by Gasteiger charge is 2.03. The molecule has 0 unspecified atom stereocenters. The Morgan fingerprint density at radius 2 is 0.980 bits per heavy atom. The SMILES string of the molecule is O=C(O)c1ccc2ccccc2c1.O=C(O)c1ccccn1.O=C(O)c1cccnc1.O=C(O)c1ccncc1.O=C(O)c1cnccn1. The van der Waals surface area contributed by atoms with Gasteiger partial charge in [0.1, 0.15) is 5.69 Å². The standard InChI is InChI=1S/C11H8O2.3C6H5NO2.C5H4N2O2/c12-11(13)10-6-5-8-3-1-2-4-9(8)7-10;8-6(9)5-1-3-7-4-2-5;8-6(9)5-2-1-3-7-4-5;8-6(9)5-3-1-2-4-7-5;8-5(9)4-3-6-1-2-7-4/h1-7H,(H,12,13);3*1-4H,(H,8,9);1-3H,(H,8,9). The number of rotatable bonds is 5. The molecule has 0 atom stereocenters. The van der Waals surface area contributed by atoms with Crippen LogP contribution in [0.15, 0.2) is 135 Å². The van der Waals surface area contributed by atoms with Gasteiger partial charge in [-0.2, -0.15) is 0 Å². The van der Waals surface area contributed by atoms with Gasteiger partial charge in [0.05, 0.1) is 22.9 Å². The van der Waals surface area contributed by atoms with Crippen molar-refractivity contribution in [2.45, 2.75) is 0 Å². The Bertz CT molecular complexity index is 1750. The number of carboxylic acid groups (broad SMARTS) is 5. The largest absolute Gasteiger partial charge is 0.478 e. The van der Waals surface area contributed by atoms with Crippen molar-refractivity contribution in [2.24, 2.45) is 0 Å². The van der Waals surface area contributed by atoms with Gasteiger partial charge in [0, 0.05) is 43.4 Å². The Morgan fingerprint density at radius 1 is 0.388 bits per heavy atom. The quantitative estimate of drug-likeness (QED) is 0.161. The molecular formula is C34H27N5O10. The van der Waals surface area contributed by atoms with Crippen LogP contribution >= 0.6 is 0 Å². The minimum absolute atomic E-state index is 0.0301. The Morgan fingerprint density at radius 3 is 1.41 bits per heavy atom. The van der Waals surface area contributed by atoms with Crippen LogP contribution in [0.1, 0.15) is 52.1 Å². The fourth-order valence-electron chi connectivity index (χ4n) is 3.20. The summed E-state index contributed by atoms with van der Waals surface area (Å²) >= 11 is 0. The molecule has 15 nitrogen and oxygen atoms in total. The summed E-state index contributed by atoms with van der Waals surface area (Å²) in [6.45, 7) is 0. The van der Waals surface area contributed by atoms with E-state index in [9.17, 15) is 24.0 Å². The van der Waals surface area contributed by atoms with E-state index in [2.05, 4.69) is 24.9 Å². The maximum atomic E-state index is 10.6. The molecule has 4 heterocycles. The first kappa shape index (κ1) is 37.8. The molecule has 6 aromatic rings. The molecule has 49 heavy (non-hydrogen) atoms. The zero-order valence-corrected chi connectivity index (χ0v) is 25.2. The van der Waals surface area contributed by atoms with Crippen molar-refractivity contribution in [3.05, 3.63) is 163 Å². The first-order valence-corrected chi connectivity index (χ1v) is 13.6. The second-order valence-corrected chi connectivity index (χ2v) is 8.87. The number of hydrogen-bond acceptors (Lipinski definition) is 10. The fourth-order valence-corrected chi connectivity index (χ4v) is 3.20. The predicted octanol–water partition coefficient (Wildman–Crippen LogP) is 5.05. The van der Waals surface area contributed by atoms with Gasteiger partial charge in [-0.3, -0.25) is 15.0 Å². The molecule has 0 aliphatic carbocycles. The molecule has 4 aromatic heterocycles. The number of carbonyl (C=O) groups is 5. The molecule has 2 aromatic carbocycles. The van der Waals surface area contributed by atoms with E-state index in [1.807, 2.05) is 30.3 Å². The Hall–Kier alpha value is -7.42. The average Bonchev–Trinajstić information content (AvgIpc) is 3.14. The van der Waals surface area contributed by atoms with Gasteiger partial charge in [0.15, 0.2) is 5.69 Å². The van der Waals surface area contributed by atoms with Gasteiger partial charge in [0.2, 0.25) is 0 Å². The molecule has 0 saturated heterocycles. The predicted molar refractivity (Wildman–Crippen MR) is 173 cm³/mol. The van der Waals surface area contributed by atoms with Crippen molar-refractivity contribution in [2.75, 3.05) is 0 Å². The van der Waals surface area contributed by atoms with Gasteiger partial charge < -0.3 is 25.5 Å². The molecule has 0 amide bonds. The lowest BCUT2D eigenvalue weighted by atomic mass is 10.1. The minimum atomic E-state index is -1.05. The maximum absolute atomic E-state index is 10.6. The first-order chi connectivity index (χ1) is 23.5. The van der Waals surface area contributed by atoms with E-state index < -0.39 is 29.8 Å². The molecule has 15 heteroatoms. The third-order valence-corrected chi connectivity index (χ3v) is 5.50. The molecule has 0 saturated carbocycles. The second kappa shape index (κ2) is 20.6.